The van der Waals surface area contributed by atoms with E-state index in [2.05, 4.69) is 37.2 Å². The molecule has 110 valence electrons. The van der Waals surface area contributed by atoms with E-state index in [1.54, 1.807) is 4.90 Å². The molecule has 1 N–H and O–H groups in total. The van der Waals surface area contributed by atoms with Crippen molar-refractivity contribution >= 4 is 49.6 Å². The average Bonchev–Trinajstić information content (AvgIpc) is 2.77. The monoisotopic (exact) mass is 414 g/mol. The number of piperidine rings is 1. The van der Waals surface area contributed by atoms with Crippen LogP contribution < -0.4 is 5.32 Å². The standard InChI is InChI=1S/C14H12Br2N2O3/c15-5-7-1-2-8-6-18(14(21)11(8)12(7)16)9-3-4-10(19)17-13(9)20/h1-2,9H,3-6H2,(H,17,19,20). The molecule has 5 nitrogen and oxygen atoms in total. The molecule has 3 amide bonds. The van der Waals surface area contributed by atoms with Crippen molar-refractivity contribution < 1.29 is 14.4 Å². The minimum Gasteiger partial charge on any atom is -0.322 e. The first kappa shape index (κ1) is 14.7. The quantitative estimate of drug-likeness (QED) is 0.594. The summed E-state index contributed by atoms with van der Waals surface area (Å²) in [6, 6.07) is 3.31. The summed E-state index contributed by atoms with van der Waals surface area (Å²) >= 11 is 6.86. The largest absolute Gasteiger partial charge is 0.322 e. The Kier molecular flexibility index (Phi) is 3.88. The fourth-order valence-corrected chi connectivity index (χ4v) is 4.30. The highest BCUT2D eigenvalue weighted by Crippen LogP contribution is 2.35. The smallest absolute Gasteiger partial charge is 0.256 e. The van der Waals surface area contributed by atoms with Gasteiger partial charge in [0, 0.05) is 22.8 Å². The number of hydrogen-bond donors (Lipinski definition) is 1. The van der Waals surface area contributed by atoms with Gasteiger partial charge in [-0.05, 0) is 33.5 Å². The molecule has 1 atom stereocenters. The topological polar surface area (TPSA) is 66.5 Å². The highest BCUT2D eigenvalue weighted by atomic mass is 79.9. The highest BCUT2D eigenvalue weighted by molar-refractivity contribution is 9.10. The minimum atomic E-state index is -0.568. The van der Waals surface area contributed by atoms with Crippen LogP contribution in [0.3, 0.4) is 0 Å². The van der Waals surface area contributed by atoms with Gasteiger partial charge in [-0.1, -0.05) is 28.1 Å². The molecule has 0 bridgehead atoms. The summed E-state index contributed by atoms with van der Waals surface area (Å²) in [5.74, 6) is -0.818. The summed E-state index contributed by atoms with van der Waals surface area (Å²) in [7, 11) is 0. The fraction of sp³-hybridized carbons (Fsp3) is 0.357. The van der Waals surface area contributed by atoms with Gasteiger partial charge in [-0.3, -0.25) is 19.7 Å². The van der Waals surface area contributed by atoms with Crippen molar-refractivity contribution in [2.24, 2.45) is 0 Å². The van der Waals surface area contributed by atoms with Gasteiger partial charge in [-0.15, -0.1) is 0 Å². The Labute approximate surface area is 138 Å². The van der Waals surface area contributed by atoms with Crippen molar-refractivity contribution in [2.45, 2.75) is 30.8 Å². The lowest BCUT2D eigenvalue weighted by atomic mass is 10.0. The second kappa shape index (κ2) is 5.53. The molecule has 1 saturated heterocycles. The van der Waals surface area contributed by atoms with Gasteiger partial charge < -0.3 is 4.90 Å². The molecule has 0 aliphatic carbocycles. The Morgan fingerprint density at radius 1 is 1.29 bits per heavy atom. The number of carbonyl (C=O) groups excluding carboxylic acids is 3. The second-order valence-electron chi connectivity index (χ2n) is 5.11. The van der Waals surface area contributed by atoms with E-state index >= 15 is 0 Å². The third kappa shape index (κ3) is 2.42. The van der Waals surface area contributed by atoms with Crippen molar-refractivity contribution in [2.75, 3.05) is 0 Å². The minimum absolute atomic E-state index is 0.158. The number of nitrogens with one attached hydrogen (secondary N) is 1. The molecule has 2 aliphatic heterocycles. The number of rotatable bonds is 2. The molecule has 1 fully saturated rings. The zero-order chi connectivity index (χ0) is 15.1. The summed E-state index contributed by atoms with van der Waals surface area (Å²) in [4.78, 5) is 37.4. The summed E-state index contributed by atoms with van der Waals surface area (Å²) in [5.41, 5.74) is 2.52. The van der Waals surface area contributed by atoms with Crippen molar-refractivity contribution in [1.29, 1.82) is 0 Å². The predicted molar refractivity (Wildman–Crippen MR) is 82.8 cm³/mol. The molecule has 3 rings (SSSR count). The van der Waals surface area contributed by atoms with E-state index in [1.165, 1.54) is 0 Å². The van der Waals surface area contributed by atoms with Crippen LogP contribution in [-0.2, 0) is 21.5 Å². The third-order valence-corrected chi connectivity index (χ3v) is 5.36. The number of fused-ring (bicyclic) bond motifs is 1. The molecule has 0 radical (unpaired) electrons. The van der Waals surface area contributed by atoms with Gasteiger partial charge in [0.25, 0.3) is 5.91 Å². The molecule has 2 aliphatic rings. The van der Waals surface area contributed by atoms with Gasteiger partial charge in [0.15, 0.2) is 0 Å². The molecule has 21 heavy (non-hydrogen) atoms. The molecule has 0 aromatic heterocycles. The number of alkyl halides is 1. The maximum atomic E-state index is 12.6. The Morgan fingerprint density at radius 2 is 2.05 bits per heavy atom. The summed E-state index contributed by atoms with van der Waals surface area (Å²) < 4.78 is 0.775. The van der Waals surface area contributed by atoms with Crippen LogP contribution in [0, 0.1) is 0 Å². The van der Waals surface area contributed by atoms with Crippen LogP contribution in [0.5, 0.6) is 0 Å². The first-order chi connectivity index (χ1) is 10.0. The van der Waals surface area contributed by atoms with Crippen LogP contribution in [0.2, 0.25) is 0 Å². The number of benzene rings is 1. The van der Waals surface area contributed by atoms with E-state index in [4.69, 9.17) is 0 Å². The van der Waals surface area contributed by atoms with Crippen LogP contribution in [0.25, 0.3) is 0 Å². The van der Waals surface area contributed by atoms with E-state index in [-0.39, 0.29) is 24.1 Å². The lowest BCUT2D eigenvalue weighted by Gasteiger charge is -2.29. The van der Waals surface area contributed by atoms with Gasteiger partial charge in [0.2, 0.25) is 11.8 Å². The summed E-state index contributed by atoms with van der Waals surface area (Å²) in [6.07, 6.45) is 0.650. The maximum absolute atomic E-state index is 12.6. The van der Waals surface area contributed by atoms with E-state index in [9.17, 15) is 14.4 Å². The second-order valence-corrected chi connectivity index (χ2v) is 6.46. The molecule has 7 heteroatoms. The number of carbonyl (C=O) groups is 3. The molecular formula is C14H12Br2N2O3. The van der Waals surface area contributed by atoms with Crippen LogP contribution in [0.1, 0.15) is 34.3 Å². The van der Waals surface area contributed by atoms with Crippen LogP contribution in [0.15, 0.2) is 16.6 Å². The first-order valence-corrected chi connectivity index (χ1v) is 8.45. The molecule has 1 aromatic carbocycles. The van der Waals surface area contributed by atoms with Gasteiger partial charge >= 0.3 is 0 Å². The average molecular weight is 416 g/mol. The van der Waals surface area contributed by atoms with E-state index in [0.29, 0.717) is 23.9 Å². The van der Waals surface area contributed by atoms with E-state index in [1.807, 2.05) is 12.1 Å². The number of hydrogen-bond acceptors (Lipinski definition) is 3. The Balaban J connectivity index is 1.92. The zero-order valence-electron chi connectivity index (χ0n) is 11.0. The number of nitrogens with zero attached hydrogens (tertiary/aromatic N) is 1. The van der Waals surface area contributed by atoms with Gasteiger partial charge in [0.1, 0.15) is 6.04 Å². The van der Waals surface area contributed by atoms with Crippen molar-refractivity contribution in [1.82, 2.24) is 10.2 Å². The van der Waals surface area contributed by atoms with Crippen molar-refractivity contribution in [3.05, 3.63) is 33.3 Å². The Morgan fingerprint density at radius 3 is 2.71 bits per heavy atom. The lowest BCUT2D eigenvalue weighted by molar-refractivity contribution is -0.136. The van der Waals surface area contributed by atoms with Gasteiger partial charge in [-0.2, -0.15) is 0 Å². The third-order valence-electron chi connectivity index (χ3n) is 3.85. The lowest BCUT2D eigenvalue weighted by Crippen LogP contribution is -2.52. The SMILES string of the molecule is O=C1CCC(N2Cc3ccc(CBr)c(Br)c3C2=O)C(=O)N1. The van der Waals surface area contributed by atoms with E-state index in [0.717, 1.165) is 15.6 Å². The molecule has 2 heterocycles. The van der Waals surface area contributed by atoms with Gasteiger partial charge in [0.05, 0.1) is 5.56 Å². The predicted octanol–water partition coefficient (Wildman–Crippen LogP) is 2.10. The highest BCUT2D eigenvalue weighted by Gasteiger charge is 2.40. The zero-order valence-corrected chi connectivity index (χ0v) is 14.2. The Hall–Kier alpha value is -1.21. The van der Waals surface area contributed by atoms with Crippen LogP contribution >= 0.6 is 31.9 Å². The summed E-state index contributed by atoms with van der Waals surface area (Å²) in [5, 5.41) is 2.95. The number of imide groups is 1. The maximum Gasteiger partial charge on any atom is 0.256 e. The molecule has 1 aromatic rings. The molecule has 0 spiro atoms. The summed E-state index contributed by atoms with van der Waals surface area (Å²) in [6.45, 7) is 0.404. The van der Waals surface area contributed by atoms with Crippen molar-refractivity contribution in [3.63, 3.8) is 0 Å². The number of amides is 3. The molecule has 0 saturated carbocycles. The van der Waals surface area contributed by atoms with Crippen molar-refractivity contribution in [3.8, 4) is 0 Å². The number of halogens is 2. The molecular weight excluding hydrogens is 404 g/mol. The first-order valence-electron chi connectivity index (χ1n) is 6.53. The van der Waals surface area contributed by atoms with Crippen LogP contribution in [0.4, 0.5) is 0 Å². The van der Waals surface area contributed by atoms with E-state index < -0.39 is 6.04 Å². The van der Waals surface area contributed by atoms with Crippen LogP contribution in [-0.4, -0.2) is 28.7 Å². The molecule has 1 unspecified atom stereocenters. The fourth-order valence-electron chi connectivity index (χ4n) is 2.76. The normalized spacial score (nSPS) is 21.5. The Bertz CT molecular complexity index is 660. The van der Waals surface area contributed by atoms with Gasteiger partial charge in [-0.25, -0.2) is 0 Å².